The van der Waals surface area contributed by atoms with Crippen molar-refractivity contribution in [2.75, 3.05) is 20.3 Å². The molecule has 3 aliphatic heterocycles. The first kappa shape index (κ1) is 20.3. The molecule has 4 N–H and O–H groups in total. The van der Waals surface area contributed by atoms with Crippen molar-refractivity contribution in [3.8, 4) is 23.0 Å². The zero-order valence-corrected chi connectivity index (χ0v) is 16.7. The number of benzene rings is 2. The summed E-state index contributed by atoms with van der Waals surface area (Å²) in [5.74, 6) is 2.49. The molecule has 0 radical (unpaired) electrons. The van der Waals surface area contributed by atoms with Crippen molar-refractivity contribution in [2.45, 2.75) is 42.7 Å². The summed E-state index contributed by atoms with van der Waals surface area (Å²) < 4.78 is 28.5. The summed E-state index contributed by atoms with van der Waals surface area (Å²) in [4.78, 5) is 0. The summed E-state index contributed by atoms with van der Waals surface area (Å²) in [6, 6.07) is 10.9. The van der Waals surface area contributed by atoms with E-state index < -0.39 is 37.3 Å². The third-order valence-corrected chi connectivity index (χ3v) is 6.05. The van der Waals surface area contributed by atoms with Crippen molar-refractivity contribution >= 4 is 0 Å². The van der Waals surface area contributed by atoms with Crippen LogP contribution in [0, 0.1) is 0 Å². The molecule has 3 aliphatic rings. The van der Waals surface area contributed by atoms with Crippen LogP contribution < -0.4 is 18.9 Å². The van der Waals surface area contributed by atoms with E-state index in [1.54, 1.807) is 19.2 Å². The topological polar surface area (TPSA) is 127 Å². The quantitative estimate of drug-likeness (QED) is 0.546. The van der Waals surface area contributed by atoms with Crippen molar-refractivity contribution in [1.82, 2.24) is 0 Å². The van der Waals surface area contributed by atoms with Gasteiger partial charge in [0, 0.05) is 23.3 Å². The van der Waals surface area contributed by atoms with Gasteiger partial charge in [-0.3, -0.25) is 0 Å². The lowest BCUT2D eigenvalue weighted by Crippen LogP contribution is -2.60. The largest absolute Gasteiger partial charge is 0.497 e. The van der Waals surface area contributed by atoms with Gasteiger partial charge in [0.2, 0.25) is 6.29 Å². The van der Waals surface area contributed by atoms with E-state index >= 15 is 0 Å². The van der Waals surface area contributed by atoms with E-state index in [0.717, 1.165) is 22.6 Å². The van der Waals surface area contributed by atoms with E-state index in [9.17, 15) is 20.4 Å². The molecule has 0 unspecified atom stereocenters. The molecule has 0 aromatic heterocycles. The fraction of sp³-hybridized carbons (Fsp3) is 0.455. The number of hydrogen-bond acceptors (Lipinski definition) is 9. The summed E-state index contributed by atoms with van der Waals surface area (Å²) in [6.45, 7) is -0.0929. The fourth-order valence-electron chi connectivity index (χ4n) is 4.32. The van der Waals surface area contributed by atoms with Gasteiger partial charge in [-0.2, -0.15) is 0 Å². The molecule has 7 atom stereocenters. The van der Waals surface area contributed by atoms with Crippen LogP contribution in [-0.4, -0.2) is 71.5 Å². The number of methoxy groups -OCH3 is 1. The molecule has 0 saturated carbocycles. The van der Waals surface area contributed by atoms with E-state index in [1.807, 2.05) is 24.3 Å². The van der Waals surface area contributed by atoms with E-state index in [1.165, 1.54) is 0 Å². The molecule has 0 spiro atoms. The molecule has 166 valence electrons. The van der Waals surface area contributed by atoms with E-state index in [2.05, 4.69) is 0 Å². The first-order valence-electron chi connectivity index (χ1n) is 10.1. The molecule has 3 heterocycles. The highest BCUT2D eigenvalue weighted by atomic mass is 16.7. The minimum Gasteiger partial charge on any atom is -0.497 e. The van der Waals surface area contributed by atoms with E-state index in [0.29, 0.717) is 18.1 Å². The Morgan fingerprint density at radius 3 is 2.45 bits per heavy atom. The molecule has 5 rings (SSSR count). The molecule has 2 aromatic carbocycles. The Labute approximate surface area is 178 Å². The summed E-state index contributed by atoms with van der Waals surface area (Å²) in [5, 5.41) is 39.4. The average molecular weight is 432 g/mol. The lowest BCUT2D eigenvalue weighted by molar-refractivity contribution is -0.277. The maximum absolute atomic E-state index is 10.2. The maximum Gasteiger partial charge on any atom is 0.229 e. The van der Waals surface area contributed by atoms with Gasteiger partial charge in [0.15, 0.2) is 0 Å². The van der Waals surface area contributed by atoms with Crippen LogP contribution in [0.25, 0.3) is 0 Å². The molecule has 2 aromatic rings. The van der Waals surface area contributed by atoms with Gasteiger partial charge in [-0.05, 0) is 18.2 Å². The van der Waals surface area contributed by atoms with Crippen molar-refractivity contribution < 1.29 is 44.1 Å². The van der Waals surface area contributed by atoms with Crippen LogP contribution in [0.1, 0.15) is 23.1 Å². The Morgan fingerprint density at radius 2 is 1.68 bits per heavy atom. The van der Waals surface area contributed by atoms with Crippen molar-refractivity contribution in [3.05, 3.63) is 47.5 Å². The highest BCUT2D eigenvalue weighted by Crippen LogP contribution is 2.52. The summed E-state index contributed by atoms with van der Waals surface area (Å²) in [6.07, 6.45) is -6.94. The van der Waals surface area contributed by atoms with Crippen molar-refractivity contribution in [3.63, 3.8) is 0 Å². The van der Waals surface area contributed by atoms with Crippen LogP contribution in [0.2, 0.25) is 0 Å². The third-order valence-electron chi connectivity index (χ3n) is 6.05. The van der Waals surface area contributed by atoms with Gasteiger partial charge in [0.1, 0.15) is 53.5 Å². The highest BCUT2D eigenvalue weighted by molar-refractivity contribution is 5.52. The smallest absolute Gasteiger partial charge is 0.229 e. The second-order valence-electron chi connectivity index (χ2n) is 7.87. The fourth-order valence-corrected chi connectivity index (χ4v) is 4.32. The molecule has 9 nitrogen and oxygen atoms in total. The van der Waals surface area contributed by atoms with Crippen LogP contribution in [0.3, 0.4) is 0 Å². The van der Waals surface area contributed by atoms with Crippen LogP contribution in [-0.2, 0) is 4.74 Å². The molecular weight excluding hydrogens is 408 g/mol. The van der Waals surface area contributed by atoms with E-state index in [4.69, 9.17) is 23.7 Å². The summed E-state index contributed by atoms with van der Waals surface area (Å²) >= 11 is 0. The first-order chi connectivity index (χ1) is 15.0. The van der Waals surface area contributed by atoms with Gasteiger partial charge in [0.25, 0.3) is 0 Å². The second-order valence-corrected chi connectivity index (χ2v) is 7.87. The van der Waals surface area contributed by atoms with Crippen LogP contribution >= 0.6 is 0 Å². The van der Waals surface area contributed by atoms with Gasteiger partial charge in [-0.1, -0.05) is 6.07 Å². The maximum atomic E-state index is 10.2. The molecule has 1 fully saturated rings. The standard InChI is InChI=1S/C22H24O9/c1-27-10-2-4-12-14-9-28-15-7-11(3-5-13(15)21(14)30-16(12)6-10)29-22-20(26)19(25)18(24)17(8-23)31-22/h2-7,14,17-26H,8-9H2,1H3/t14-,17+,18+,19-,20+,21-,22+/m0/s1. The molecular formula is C22H24O9. The zero-order valence-electron chi connectivity index (χ0n) is 16.7. The summed E-state index contributed by atoms with van der Waals surface area (Å²) in [5.41, 5.74) is 1.94. The zero-order chi connectivity index (χ0) is 21.7. The predicted octanol–water partition coefficient (Wildman–Crippen LogP) is 0.484. The SMILES string of the molecule is COc1ccc2c(c1)O[C@H]1c3ccc(O[C@@H]4O[C@H](CO)[C@@H](O)[C@H](O)[C@H]4O)cc3OC[C@@H]21. The number of aliphatic hydroxyl groups is 4. The monoisotopic (exact) mass is 432 g/mol. The van der Waals surface area contributed by atoms with Gasteiger partial charge in [-0.25, -0.2) is 0 Å². The molecule has 9 heteroatoms. The highest BCUT2D eigenvalue weighted by Gasteiger charge is 2.45. The Balaban J connectivity index is 1.36. The number of aliphatic hydroxyl groups excluding tert-OH is 4. The number of fused-ring (bicyclic) bond motifs is 5. The predicted molar refractivity (Wildman–Crippen MR) is 105 cm³/mol. The van der Waals surface area contributed by atoms with Gasteiger partial charge in [-0.15, -0.1) is 0 Å². The molecule has 31 heavy (non-hydrogen) atoms. The molecule has 0 amide bonds. The first-order valence-corrected chi connectivity index (χ1v) is 10.1. The Hall–Kier alpha value is -2.56. The van der Waals surface area contributed by atoms with Gasteiger partial charge >= 0.3 is 0 Å². The minimum absolute atomic E-state index is 0.0608. The number of hydrogen-bond donors (Lipinski definition) is 4. The third kappa shape index (κ3) is 3.38. The molecule has 0 aliphatic carbocycles. The lowest BCUT2D eigenvalue weighted by Gasteiger charge is -2.39. The Morgan fingerprint density at radius 1 is 0.935 bits per heavy atom. The van der Waals surface area contributed by atoms with Gasteiger partial charge < -0.3 is 44.1 Å². The van der Waals surface area contributed by atoms with Crippen LogP contribution in [0.4, 0.5) is 0 Å². The number of rotatable bonds is 4. The number of ether oxygens (including phenoxy) is 5. The normalized spacial score (nSPS) is 33.4. The Bertz CT molecular complexity index is 962. The molecule has 1 saturated heterocycles. The molecule has 0 bridgehead atoms. The van der Waals surface area contributed by atoms with Crippen molar-refractivity contribution in [1.29, 1.82) is 0 Å². The van der Waals surface area contributed by atoms with Gasteiger partial charge in [0.05, 0.1) is 26.2 Å². The van der Waals surface area contributed by atoms with E-state index in [-0.39, 0.29) is 12.0 Å². The van der Waals surface area contributed by atoms with Crippen molar-refractivity contribution in [2.24, 2.45) is 0 Å². The Kier molecular flexibility index (Phi) is 5.15. The summed E-state index contributed by atoms with van der Waals surface area (Å²) in [7, 11) is 1.61. The van der Waals surface area contributed by atoms with Crippen LogP contribution in [0.5, 0.6) is 23.0 Å². The van der Waals surface area contributed by atoms with Crippen LogP contribution in [0.15, 0.2) is 36.4 Å². The second kappa shape index (κ2) is 7.85. The minimum atomic E-state index is -1.51. The average Bonchev–Trinajstić information content (AvgIpc) is 3.17. The lowest BCUT2D eigenvalue weighted by atomic mass is 9.89.